The normalized spacial score (nSPS) is 12.7. The van der Waals surface area contributed by atoms with Crippen molar-refractivity contribution in [3.63, 3.8) is 0 Å². The number of fused-ring (bicyclic) bond motifs is 1. The molecule has 0 spiro atoms. The summed E-state index contributed by atoms with van der Waals surface area (Å²) in [4.78, 5) is 13.1. The fraction of sp³-hybridized carbons (Fsp3) is 0.214. The molecule has 1 aromatic carbocycles. The van der Waals surface area contributed by atoms with E-state index in [1.54, 1.807) is 23.7 Å². The minimum absolute atomic E-state index is 0.0203. The fourth-order valence-corrected chi connectivity index (χ4v) is 2.96. The molecule has 102 valence electrons. The van der Waals surface area contributed by atoms with Gasteiger partial charge in [0.15, 0.2) is 0 Å². The summed E-state index contributed by atoms with van der Waals surface area (Å²) in [5.74, 6) is 5.69. The number of hydrazine groups is 1. The quantitative estimate of drug-likeness (QED) is 0.567. The molecule has 0 amide bonds. The maximum absolute atomic E-state index is 5.69. The summed E-state index contributed by atoms with van der Waals surface area (Å²) < 4.78 is 0. The molecule has 0 aliphatic heterocycles. The number of rotatable bonds is 4. The molecule has 0 fully saturated rings. The Morgan fingerprint density at radius 3 is 2.75 bits per heavy atom. The predicted octanol–water partition coefficient (Wildman–Crippen LogP) is 2.14. The molecule has 0 saturated carbocycles. The highest BCUT2D eigenvalue weighted by Crippen LogP contribution is 2.22. The van der Waals surface area contributed by atoms with Crippen molar-refractivity contribution in [3.8, 4) is 0 Å². The Labute approximate surface area is 120 Å². The van der Waals surface area contributed by atoms with Crippen LogP contribution in [0.3, 0.4) is 0 Å². The van der Waals surface area contributed by atoms with Crippen LogP contribution in [0.2, 0.25) is 0 Å². The molecule has 0 bridgehead atoms. The molecule has 0 aliphatic carbocycles. The summed E-state index contributed by atoms with van der Waals surface area (Å²) in [6.07, 6.45) is 4.15. The number of aryl methyl sites for hydroxylation is 1. The van der Waals surface area contributed by atoms with E-state index in [-0.39, 0.29) is 6.04 Å². The van der Waals surface area contributed by atoms with Crippen molar-refractivity contribution in [2.45, 2.75) is 19.4 Å². The van der Waals surface area contributed by atoms with Gasteiger partial charge in [-0.2, -0.15) is 0 Å². The molecule has 2 aromatic heterocycles. The Morgan fingerprint density at radius 2 is 2.05 bits per heavy atom. The van der Waals surface area contributed by atoms with E-state index in [2.05, 4.69) is 25.8 Å². The lowest BCUT2D eigenvalue weighted by molar-refractivity contribution is 0.551. The second-order valence-electron chi connectivity index (χ2n) is 4.61. The highest BCUT2D eigenvalue weighted by molar-refractivity contribution is 7.09. The Bertz CT molecular complexity index is 724. The fourth-order valence-electron chi connectivity index (χ4n) is 2.14. The Hall–Kier alpha value is -1.89. The molecule has 1 unspecified atom stereocenters. The lowest BCUT2D eigenvalue weighted by Crippen LogP contribution is -2.29. The van der Waals surface area contributed by atoms with Crippen LogP contribution in [-0.2, 0) is 6.42 Å². The summed E-state index contributed by atoms with van der Waals surface area (Å²) in [6.45, 7) is 2.00. The lowest BCUT2D eigenvalue weighted by Gasteiger charge is -2.15. The molecular formula is C14H15N5S. The van der Waals surface area contributed by atoms with Crippen LogP contribution in [0.1, 0.15) is 22.3 Å². The smallest absolute Gasteiger partial charge is 0.0947 e. The predicted molar refractivity (Wildman–Crippen MR) is 80.2 cm³/mol. The molecule has 0 aliphatic rings. The van der Waals surface area contributed by atoms with Gasteiger partial charge in [-0.25, -0.2) is 4.98 Å². The van der Waals surface area contributed by atoms with Crippen molar-refractivity contribution in [3.05, 3.63) is 52.2 Å². The molecule has 6 heteroatoms. The van der Waals surface area contributed by atoms with Gasteiger partial charge in [0.1, 0.15) is 0 Å². The minimum Gasteiger partial charge on any atom is -0.271 e. The van der Waals surface area contributed by atoms with Gasteiger partial charge < -0.3 is 0 Å². The first kappa shape index (κ1) is 13.1. The first-order valence-corrected chi connectivity index (χ1v) is 7.22. The third kappa shape index (κ3) is 2.67. The number of nitrogens with zero attached hydrogens (tertiary/aromatic N) is 3. The second-order valence-corrected chi connectivity index (χ2v) is 5.55. The van der Waals surface area contributed by atoms with Gasteiger partial charge in [0.05, 0.1) is 22.1 Å². The van der Waals surface area contributed by atoms with E-state index in [9.17, 15) is 0 Å². The zero-order valence-electron chi connectivity index (χ0n) is 11.1. The summed E-state index contributed by atoms with van der Waals surface area (Å²) in [6, 6.07) is 6.04. The van der Waals surface area contributed by atoms with Crippen molar-refractivity contribution in [2.75, 3.05) is 0 Å². The third-order valence-electron chi connectivity index (χ3n) is 3.14. The molecule has 5 nitrogen and oxygen atoms in total. The van der Waals surface area contributed by atoms with Crippen LogP contribution >= 0.6 is 11.3 Å². The average Bonchev–Trinajstić information content (AvgIpc) is 2.89. The number of benzene rings is 1. The van der Waals surface area contributed by atoms with Gasteiger partial charge in [0.25, 0.3) is 0 Å². The standard InChI is InChI=1S/C14H15N5S/c1-9-8-20-14(18-9)7-12(19-15)10-2-3-11-13(6-10)17-5-4-16-11/h2-6,8,12,19H,7,15H2,1H3. The van der Waals surface area contributed by atoms with Gasteiger partial charge in [-0.15, -0.1) is 11.3 Å². The Kier molecular flexibility index (Phi) is 3.68. The van der Waals surface area contributed by atoms with Gasteiger partial charge >= 0.3 is 0 Å². The number of hydrogen-bond donors (Lipinski definition) is 2. The van der Waals surface area contributed by atoms with E-state index in [0.29, 0.717) is 0 Å². The van der Waals surface area contributed by atoms with Crippen molar-refractivity contribution < 1.29 is 0 Å². The molecule has 3 aromatic rings. The molecule has 1 atom stereocenters. The van der Waals surface area contributed by atoms with Crippen molar-refractivity contribution in [1.29, 1.82) is 0 Å². The maximum Gasteiger partial charge on any atom is 0.0947 e. The molecule has 2 heterocycles. The first-order valence-electron chi connectivity index (χ1n) is 6.34. The highest BCUT2D eigenvalue weighted by atomic mass is 32.1. The van der Waals surface area contributed by atoms with Gasteiger partial charge in [0.2, 0.25) is 0 Å². The van der Waals surface area contributed by atoms with E-state index >= 15 is 0 Å². The van der Waals surface area contributed by atoms with Crippen LogP contribution in [0.25, 0.3) is 11.0 Å². The molecule has 3 rings (SSSR count). The minimum atomic E-state index is 0.0203. The number of nitrogens with two attached hydrogens (primary N) is 1. The highest BCUT2D eigenvalue weighted by Gasteiger charge is 2.13. The van der Waals surface area contributed by atoms with Crippen LogP contribution in [0.15, 0.2) is 36.0 Å². The summed E-state index contributed by atoms with van der Waals surface area (Å²) in [5.41, 5.74) is 6.76. The molecule has 0 saturated heterocycles. The van der Waals surface area contributed by atoms with Gasteiger partial charge in [-0.1, -0.05) is 6.07 Å². The molecule has 0 radical (unpaired) electrons. The maximum atomic E-state index is 5.69. The SMILES string of the molecule is Cc1csc(CC(NN)c2ccc3nccnc3c2)n1. The van der Waals surface area contributed by atoms with Crippen LogP contribution in [0, 0.1) is 6.92 Å². The monoisotopic (exact) mass is 285 g/mol. The van der Waals surface area contributed by atoms with E-state index in [0.717, 1.165) is 33.7 Å². The number of thiazole rings is 1. The second kappa shape index (κ2) is 5.62. The van der Waals surface area contributed by atoms with Crippen LogP contribution < -0.4 is 11.3 Å². The summed E-state index contributed by atoms with van der Waals surface area (Å²) in [5, 5.41) is 3.12. The summed E-state index contributed by atoms with van der Waals surface area (Å²) in [7, 11) is 0. The van der Waals surface area contributed by atoms with E-state index < -0.39 is 0 Å². The van der Waals surface area contributed by atoms with Crippen LogP contribution in [0.4, 0.5) is 0 Å². The number of aromatic nitrogens is 3. The van der Waals surface area contributed by atoms with E-state index in [1.807, 2.05) is 25.1 Å². The average molecular weight is 285 g/mol. The first-order chi connectivity index (χ1) is 9.76. The van der Waals surface area contributed by atoms with Crippen molar-refractivity contribution in [2.24, 2.45) is 5.84 Å². The number of hydrogen-bond acceptors (Lipinski definition) is 6. The zero-order chi connectivity index (χ0) is 13.9. The topological polar surface area (TPSA) is 76.7 Å². The van der Waals surface area contributed by atoms with Crippen LogP contribution in [0.5, 0.6) is 0 Å². The van der Waals surface area contributed by atoms with E-state index in [1.165, 1.54) is 0 Å². The molecule has 3 N–H and O–H groups in total. The summed E-state index contributed by atoms with van der Waals surface area (Å²) >= 11 is 1.66. The van der Waals surface area contributed by atoms with Gasteiger partial charge in [-0.05, 0) is 24.6 Å². The molecule has 20 heavy (non-hydrogen) atoms. The van der Waals surface area contributed by atoms with Crippen molar-refractivity contribution >= 4 is 22.4 Å². The largest absolute Gasteiger partial charge is 0.271 e. The number of nitrogens with one attached hydrogen (secondary N) is 1. The van der Waals surface area contributed by atoms with Gasteiger partial charge in [-0.3, -0.25) is 21.2 Å². The van der Waals surface area contributed by atoms with E-state index in [4.69, 9.17) is 5.84 Å². The Morgan fingerprint density at radius 1 is 1.25 bits per heavy atom. The van der Waals surface area contributed by atoms with Gasteiger partial charge in [0, 0.05) is 29.9 Å². The Balaban J connectivity index is 1.90. The zero-order valence-corrected chi connectivity index (χ0v) is 11.9. The van der Waals surface area contributed by atoms with Crippen molar-refractivity contribution in [1.82, 2.24) is 20.4 Å². The third-order valence-corrected chi connectivity index (χ3v) is 4.13. The van der Waals surface area contributed by atoms with Crippen LogP contribution in [-0.4, -0.2) is 15.0 Å². The molecular weight excluding hydrogens is 270 g/mol. The lowest BCUT2D eigenvalue weighted by atomic mass is 10.0.